The van der Waals surface area contributed by atoms with E-state index in [1.807, 2.05) is 26.8 Å². The minimum absolute atomic E-state index is 0.442. The van der Waals surface area contributed by atoms with Crippen molar-refractivity contribution in [3.63, 3.8) is 0 Å². The van der Waals surface area contributed by atoms with Gasteiger partial charge in [0.25, 0.3) is 7.28 Å². The average Bonchev–Trinajstić information content (AvgIpc) is 1.85. The van der Waals surface area contributed by atoms with Gasteiger partial charge in [0, 0.05) is 0 Å². The van der Waals surface area contributed by atoms with Crippen molar-refractivity contribution < 1.29 is 9.90 Å². The summed E-state index contributed by atoms with van der Waals surface area (Å²) in [5.41, 5.74) is 0.921. The second kappa shape index (κ2) is 4.14. The van der Waals surface area contributed by atoms with Gasteiger partial charge in [0.05, 0.1) is 0 Å². The van der Waals surface area contributed by atoms with E-state index in [4.69, 9.17) is 5.11 Å². The molecule has 0 saturated heterocycles. The van der Waals surface area contributed by atoms with E-state index in [1.54, 1.807) is 6.08 Å². The molecule has 0 aromatic rings. The van der Waals surface area contributed by atoms with Gasteiger partial charge in [-0.15, -0.1) is 0 Å². The summed E-state index contributed by atoms with van der Waals surface area (Å²) in [6.07, 6.45) is 3.55. The van der Waals surface area contributed by atoms with Gasteiger partial charge in [-0.1, -0.05) is 38.2 Å². The molecule has 0 saturated carbocycles. The second-order valence-electron chi connectivity index (χ2n) is 3.15. The monoisotopic (exact) mass is 165 g/mol. The van der Waals surface area contributed by atoms with Gasteiger partial charge in [0.1, 0.15) is 0 Å². The van der Waals surface area contributed by atoms with Crippen LogP contribution < -0.4 is 0 Å². The average molecular weight is 165 g/mol. The predicted octanol–water partition coefficient (Wildman–Crippen LogP) is 2.70. The summed E-state index contributed by atoms with van der Waals surface area (Å²) >= 11 is 0. The molecular weight excluding hydrogens is 151 g/mol. The molecule has 0 aliphatic carbocycles. The van der Waals surface area contributed by atoms with Crippen LogP contribution in [0.25, 0.3) is 0 Å². The normalized spacial score (nSPS) is 12.4. The Labute approximate surface area is 74.2 Å². The van der Waals surface area contributed by atoms with Crippen LogP contribution >= 0.6 is 0 Å². The third-order valence-electron chi connectivity index (χ3n) is 1.76. The number of hydrogen-bond acceptors (Lipinski definition) is 1. The summed E-state index contributed by atoms with van der Waals surface area (Å²) in [6, 6.07) is 0. The van der Waals surface area contributed by atoms with Crippen molar-refractivity contribution in [3.8, 4) is 0 Å². The maximum absolute atomic E-state index is 10.4. The second-order valence-corrected chi connectivity index (χ2v) is 3.15. The van der Waals surface area contributed by atoms with Crippen molar-refractivity contribution in [2.75, 3.05) is 0 Å². The van der Waals surface area contributed by atoms with Crippen LogP contribution in [0.5, 0.6) is 0 Å². The van der Waals surface area contributed by atoms with Crippen molar-refractivity contribution in [2.45, 2.75) is 26.1 Å². The molecule has 65 valence electrons. The lowest BCUT2D eigenvalue weighted by Gasteiger charge is -2.22. The zero-order chi connectivity index (χ0) is 9.78. The van der Waals surface area contributed by atoms with Gasteiger partial charge < -0.3 is 5.11 Å². The Morgan fingerprint density at radius 3 is 2.33 bits per heavy atom. The number of carbonyl (C=O) groups is 1. The smallest absolute Gasteiger partial charge is 0.272 e. The number of allylic oxidation sites excluding steroid dienone is 3. The molecule has 0 spiro atoms. The van der Waals surface area contributed by atoms with Crippen molar-refractivity contribution in [1.29, 1.82) is 0 Å². The molecule has 0 aromatic carbocycles. The Bertz CT molecular complexity index is 217. The molecule has 0 heterocycles. The zero-order valence-corrected chi connectivity index (χ0v) is 7.79. The van der Waals surface area contributed by atoms with Crippen LogP contribution in [0.2, 0.25) is 5.31 Å². The van der Waals surface area contributed by atoms with Crippen LogP contribution in [0.3, 0.4) is 0 Å². The number of rotatable bonds is 4. The molecule has 0 fully saturated rings. The summed E-state index contributed by atoms with van der Waals surface area (Å²) in [6.45, 7) is 9.18. The largest absolute Gasteiger partial charge is 0.490 e. The van der Waals surface area contributed by atoms with Crippen molar-refractivity contribution in [1.82, 2.24) is 0 Å². The topological polar surface area (TPSA) is 37.3 Å². The molecule has 0 aliphatic rings. The van der Waals surface area contributed by atoms with Gasteiger partial charge in [0.15, 0.2) is 0 Å². The molecule has 1 radical (unpaired) electrons. The van der Waals surface area contributed by atoms with Crippen LogP contribution in [-0.2, 0) is 0 Å². The summed E-state index contributed by atoms with van der Waals surface area (Å²) < 4.78 is 0. The fraction of sp³-hybridized carbons (Fsp3) is 0.444. The maximum atomic E-state index is 10.4. The molecule has 0 amide bonds. The highest BCUT2D eigenvalue weighted by atomic mass is 16.4. The highest BCUT2D eigenvalue weighted by molar-refractivity contribution is 6.74. The molecule has 1 N–H and O–H groups in total. The highest BCUT2D eigenvalue weighted by Gasteiger charge is 2.26. The fourth-order valence-electron chi connectivity index (χ4n) is 1.14. The predicted molar refractivity (Wildman–Crippen MR) is 51.8 cm³/mol. The van der Waals surface area contributed by atoms with Gasteiger partial charge in [-0.3, -0.25) is 4.79 Å². The Morgan fingerprint density at radius 2 is 2.08 bits per heavy atom. The molecule has 0 aliphatic heterocycles. The van der Waals surface area contributed by atoms with E-state index < -0.39 is 11.2 Å². The summed E-state index contributed by atoms with van der Waals surface area (Å²) in [4.78, 5) is 10.4. The van der Waals surface area contributed by atoms with Gasteiger partial charge in [-0.25, -0.2) is 0 Å². The van der Waals surface area contributed by atoms with Crippen LogP contribution in [0.1, 0.15) is 20.8 Å². The van der Waals surface area contributed by atoms with Crippen molar-refractivity contribution in [3.05, 3.63) is 24.3 Å². The highest BCUT2D eigenvalue weighted by Crippen LogP contribution is 2.33. The van der Waals surface area contributed by atoms with E-state index in [9.17, 15) is 4.79 Å². The van der Waals surface area contributed by atoms with Crippen molar-refractivity contribution >= 4 is 13.1 Å². The quantitative estimate of drug-likeness (QED) is 0.513. The minimum Gasteiger partial charge on any atom is -0.490 e. The minimum atomic E-state index is -0.902. The molecule has 0 rings (SSSR count). The summed E-state index contributed by atoms with van der Waals surface area (Å²) in [5.74, 6) is -0.902. The molecule has 12 heavy (non-hydrogen) atoms. The van der Waals surface area contributed by atoms with Gasteiger partial charge in [-0.2, -0.15) is 0 Å². The summed E-state index contributed by atoms with van der Waals surface area (Å²) in [5, 5.41) is 8.13. The summed E-state index contributed by atoms with van der Waals surface area (Å²) in [7, 11) is 1.27. The third-order valence-corrected chi connectivity index (χ3v) is 1.76. The lowest BCUT2D eigenvalue weighted by Crippen LogP contribution is -2.21. The lowest BCUT2D eigenvalue weighted by molar-refractivity contribution is 0.219. The standard InChI is InChI=1S/C9H14BO2/c1-5-7(6-2)9(3,4)10-8(11)12/h5-6H,1H2,2-4H3,(H,11,12)/b7-6+. The first-order valence-electron chi connectivity index (χ1n) is 3.82. The molecule has 0 aromatic heterocycles. The number of hydrogen-bond donors (Lipinski definition) is 1. The first kappa shape index (κ1) is 11.0. The lowest BCUT2D eigenvalue weighted by atomic mass is 9.51. The Kier molecular flexibility index (Phi) is 3.80. The molecule has 0 unspecified atom stereocenters. The van der Waals surface area contributed by atoms with Crippen LogP contribution in [-0.4, -0.2) is 18.3 Å². The Hall–Kier alpha value is -0.985. The van der Waals surface area contributed by atoms with Crippen molar-refractivity contribution in [2.24, 2.45) is 0 Å². The van der Waals surface area contributed by atoms with E-state index in [0.29, 0.717) is 0 Å². The Balaban J connectivity index is 4.58. The molecule has 2 nitrogen and oxygen atoms in total. The maximum Gasteiger partial charge on any atom is 0.272 e. The van der Waals surface area contributed by atoms with E-state index in [1.165, 1.54) is 7.28 Å². The fourth-order valence-corrected chi connectivity index (χ4v) is 1.14. The van der Waals surface area contributed by atoms with Crippen LogP contribution in [0.4, 0.5) is 4.79 Å². The Morgan fingerprint density at radius 1 is 1.58 bits per heavy atom. The zero-order valence-electron chi connectivity index (χ0n) is 7.79. The number of carboxylic acid groups (broad SMARTS) is 1. The van der Waals surface area contributed by atoms with Crippen LogP contribution in [0.15, 0.2) is 24.3 Å². The van der Waals surface area contributed by atoms with E-state index in [2.05, 4.69) is 6.58 Å². The molecule has 0 bridgehead atoms. The van der Waals surface area contributed by atoms with Gasteiger partial charge >= 0.3 is 0 Å². The first-order chi connectivity index (χ1) is 5.44. The van der Waals surface area contributed by atoms with E-state index in [-0.39, 0.29) is 0 Å². The van der Waals surface area contributed by atoms with Crippen LogP contribution in [0, 0.1) is 0 Å². The van der Waals surface area contributed by atoms with E-state index in [0.717, 1.165) is 5.57 Å². The van der Waals surface area contributed by atoms with E-state index >= 15 is 0 Å². The first-order valence-corrected chi connectivity index (χ1v) is 3.82. The molecule has 3 heteroatoms. The molecule has 0 atom stereocenters. The van der Waals surface area contributed by atoms with Gasteiger partial charge in [-0.05, 0) is 12.2 Å². The van der Waals surface area contributed by atoms with Gasteiger partial charge in [0.2, 0.25) is 5.87 Å². The third kappa shape index (κ3) is 2.95. The molecular formula is C9H14BO2. The SMILES string of the molecule is C=C/C(=C\C)C(C)(C)[B]C(=O)O.